The van der Waals surface area contributed by atoms with Crippen molar-refractivity contribution < 1.29 is 32.2 Å². The highest BCUT2D eigenvalue weighted by molar-refractivity contribution is 8.13. The van der Waals surface area contributed by atoms with Gasteiger partial charge in [-0.2, -0.15) is 13.2 Å². The Kier molecular flexibility index (Phi) is 11.9. The number of carbonyl (C=O) groups is 2. The first-order valence-corrected chi connectivity index (χ1v) is 14.1. The predicted octanol–water partition coefficient (Wildman–Crippen LogP) is 6.79. The second kappa shape index (κ2) is 15.6. The van der Waals surface area contributed by atoms with Crippen molar-refractivity contribution in [1.29, 1.82) is 0 Å². The Morgan fingerprint density at radius 2 is 1.73 bits per heavy atom. The number of alkyl halides is 3. The number of hydrogen-bond acceptors (Lipinski definition) is 7. The molecule has 0 radical (unpaired) electrons. The normalized spacial score (nSPS) is 12.4. The predicted molar refractivity (Wildman–Crippen MR) is 167 cm³/mol. The number of halogens is 3. The molecular weight excluding hydrogens is 597 g/mol. The number of amidine groups is 2. The molecule has 0 heterocycles. The van der Waals surface area contributed by atoms with Crippen LogP contribution in [0.15, 0.2) is 81.7 Å². The molecule has 0 fully saturated rings. The van der Waals surface area contributed by atoms with Gasteiger partial charge in [-0.3, -0.25) is 10.1 Å². The van der Waals surface area contributed by atoms with E-state index < -0.39 is 17.8 Å². The Balaban J connectivity index is 1.65. The number of nitrogens with zero attached hydrogens (tertiary/aromatic N) is 3. The van der Waals surface area contributed by atoms with E-state index in [1.54, 1.807) is 63.4 Å². The molecule has 0 unspecified atom stereocenters. The van der Waals surface area contributed by atoms with Crippen LogP contribution in [0.1, 0.15) is 30.5 Å². The van der Waals surface area contributed by atoms with Gasteiger partial charge in [-0.05, 0) is 91.0 Å². The number of ether oxygens (including phenoxy) is 2. The minimum atomic E-state index is -4.43. The first-order valence-electron chi connectivity index (χ1n) is 13.1. The van der Waals surface area contributed by atoms with Gasteiger partial charge in [0.2, 0.25) is 0 Å². The molecule has 0 saturated carbocycles. The molecule has 0 aliphatic rings. The van der Waals surface area contributed by atoms with Crippen LogP contribution in [0.3, 0.4) is 0 Å². The Labute approximate surface area is 256 Å². The molecule has 3 aromatic rings. The molecule has 4 N–H and O–H groups in total. The summed E-state index contributed by atoms with van der Waals surface area (Å²) in [5.41, 5.74) is 7.86. The van der Waals surface area contributed by atoms with Gasteiger partial charge in [-0.1, -0.05) is 13.8 Å². The molecule has 0 aliphatic carbocycles. The number of anilines is 1. The van der Waals surface area contributed by atoms with Crippen LogP contribution >= 0.6 is 11.8 Å². The smallest absolute Gasteiger partial charge is 0.416 e. The summed E-state index contributed by atoms with van der Waals surface area (Å²) >= 11 is 1.04. The fourth-order valence-electron chi connectivity index (χ4n) is 3.35. The van der Waals surface area contributed by atoms with E-state index in [9.17, 15) is 22.8 Å². The zero-order valence-corrected chi connectivity index (χ0v) is 25.1. The molecule has 2 amide bonds. The summed E-state index contributed by atoms with van der Waals surface area (Å²) in [5.74, 6) is 0.0297. The fourth-order valence-corrected chi connectivity index (χ4v) is 3.96. The van der Waals surface area contributed by atoms with Gasteiger partial charge in [0.05, 0.1) is 30.0 Å². The highest BCUT2D eigenvalue weighted by atomic mass is 32.2. The highest BCUT2D eigenvalue weighted by Gasteiger charge is 2.29. The van der Waals surface area contributed by atoms with Crippen LogP contribution in [0.2, 0.25) is 0 Å². The number of rotatable bonds is 9. The van der Waals surface area contributed by atoms with Crippen molar-refractivity contribution in [3.8, 4) is 5.75 Å². The number of nitrogens with one attached hydrogen (secondary N) is 2. The van der Waals surface area contributed by atoms with E-state index in [1.165, 1.54) is 12.1 Å². The third-order valence-electron chi connectivity index (χ3n) is 5.75. The van der Waals surface area contributed by atoms with E-state index in [0.29, 0.717) is 22.7 Å². The lowest BCUT2D eigenvalue weighted by Crippen LogP contribution is -2.33. The SMILES string of the molecule is COc1ccc(N=C(NC(=O)Nc2ccc(C(N)=NC=Nc3ccc(C(F)(F)F)cc3)cc2)SCOC(=O)C(C)C)c(C)c1. The van der Waals surface area contributed by atoms with Gasteiger partial charge >= 0.3 is 18.2 Å². The van der Waals surface area contributed by atoms with Crippen molar-refractivity contribution in [3.63, 3.8) is 0 Å². The van der Waals surface area contributed by atoms with Crippen LogP contribution in [0.25, 0.3) is 0 Å². The van der Waals surface area contributed by atoms with Gasteiger partial charge in [0.25, 0.3) is 0 Å². The molecule has 0 bridgehead atoms. The number of benzene rings is 3. The molecule has 3 aromatic carbocycles. The number of thioether (sulfide) groups is 1. The van der Waals surface area contributed by atoms with Gasteiger partial charge < -0.3 is 20.5 Å². The average molecular weight is 629 g/mol. The summed E-state index contributed by atoms with van der Waals surface area (Å²) in [6.45, 7) is 5.28. The molecule has 0 atom stereocenters. The summed E-state index contributed by atoms with van der Waals surface area (Å²) in [4.78, 5) is 37.2. The standard InChI is InChI=1S/C30H31F3N6O4S/c1-18(2)27(40)43-17-44-29(38-25-14-13-24(42-4)15-19(25)3)39-28(41)37-23-9-5-20(6-10-23)26(34)36-16-35-22-11-7-21(8-12-22)30(31,32)33/h5-16,18H,17H2,1-4H3,(H2,34,35,36)(H2,37,38,39,41). The number of carbonyl (C=O) groups excluding carboxylic acids is 2. The number of aliphatic imine (C=N–C) groups is 3. The number of nitrogens with two attached hydrogens (primary N) is 1. The van der Waals surface area contributed by atoms with E-state index in [0.717, 1.165) is 35.8 Å². The maximum absolute atomic E-state index is 12.8. The molecule has 232 valence electrons. The van der Waals surface area contributed by atoms with Crippen molar-refractivity contribution in [2.75, 3.05) is 18.4 Å². The second-order valence-electron chi connectivity index (χ2n) is 9.41. The quantitative estimate of drug-likeness (QED) is 0.103. The lowest BCUT2D eigenvalue weighted by molar-refractivity contribution is -0.145. The maximum Gasteiger partial charge on any atom is 0.416 e. The van der Waals surface area contributed by atoms with E-state index in [4.69, 9.17) is 15.2 Å². The van der Waals surface area contributed by atoms with Crippen molar-refractivity contribution in [3.05, 3.63) is 83.4 Å². The summed E-state index contributed by atoms with van der Waals surface area (Å²) in [6, 6.07) is 15.5. The Morgan fingerprint density at radius 3 is 2.32 bits per heavy atom. The molecular formula is C30H31F3N6O4S. The van der Waals surface area contributed by atoms with Crippen LogP contribution in [0.5, 0.6) is 5.75 Å². The molecule has 14 heteroatoms. The van der Waals surface area contributed by atoms with E-state index in [2.05, 4.69) is 25.6 Å². The zero-order valence-electron chi connectivity index (χ0n) is 24.3. The lowest BCUT2D eigenvalue weighted by Gasteiger charge is -2.12. The number of methoxy groups -OCH3 is 1. The van der Waals surface area contributed by atoms with Crippen LogP contribution in [0, 0.1) is 12.8 Å². The highest BCUT2D eigenvalue weighted by Crippen LogP contribution is 2.30. The van der Waals surface area contributed by atoms with Crippen LogP contribution < -0.4 is 21.1 Å². The van der Waals surface area contributed by atoms with Crippen LogP contribution in [0.4, 0.5) is 35.0 Å². The second-order valence-corrected chi connectivity index (χ2v) is 10.3. The molecule has 3 rings (SSSR count). The molecule has 0 spiro atoms. The van der Waals surface area contributed by atoms with Crippen molar-refractivity contribution in [2.24, 2.45) is 26.6 Å². The van der Waals surface area contributed by atoms with Crippen molar-refractivity contribution in [2.45, 2.75) is 26.9 Å². The van der Waals surface area contributed by atoms with Gasteiger partial charge in [0, 0.05) is 11.3 Å². The van der Waals surface area contributed by atoms with Gasteiger partial charge in [-0.15, -0.1) is 0 Å². The van der Waals surface area contributed by atoms with E-state index >= 15 is 0 Å². The first-order chi connectivity index (χ1) is 20.8. The third-order valence-corrected chi connectivity index (χ3v) is 6.45. The van der Waals surface area contributed by atoms with Gasteiger partial charge in [0.15, 0.2) is 5.17 Å². The summed E-state index contributed by atoms with van der Waals surface area (Å²) in [5, 5.41) is 5.57. The monoisotopic (exact) mass is 628 g/mol. The minimum absolute atomic E-state index is 0.0548. The van der Waals surface area contributed by atoms with E-state index in [-0.39, 0.29) is 34.5 Å². The van der Waals surface area contributed by atoms with Crippen LogP contribution in [-0.4, -0.2) is 42.4 Å². The maximum atomic E-state index is 12.8. The number of esters is 1. The number of urea groups is 1. The zero-order chi connectivity index (χ0) is 32.3. The minimum Gasteiger partial charge on any atom is -0.497 e. The molecule has 0 aliphatic heterocycles. The van der Waals surface area contributed by atoms with Crippen molar-refractivity contribution in [1.82, 2.24) is 5.32 Å². The molecule has 0 aromatic heterocycles. The Hall–Kier alpha value is -4.85. The number of aryl methyl sites for hydroxylation is 1. The number of amides is 2. The molecule has 44 heavy (non-hydrogen) atoms. The largest absolute Gasteiger partial charge is 0.497 e. The topological polar surface area (TPSA) is 140 Å². The summed E-state index contributed by atoms with van der Waals surface area (Å²) in [7, 11) is 1.56. The Bertz CT molecular complexity index is 1540. The first kappa shape index (κ1) is 33.6. The van der Waals surface area contributed by atoms with Gasteiger partial charge in [-0.25, -0.2) is 19.8 Å². The number of hydrogen-bond donors (Lipinski definition) is 3. The molecule has 0 saturated heterocycles. The summed E-state index contributed by atoms with van der Waals surface area (Å²) in [6.07, 6.45) is -3.29. The van der Waals surface area contributed by atoms with Crippen LogP contribution in [-0.2, 0) is 15.7 Å². The van der Waals surface area contributed by atoms with E-state index in [1.807, 2.05) is 6.92 Å². The average Bonchev–Trinajstić information content (AvgIpc) is 2.98. The third kappa shape index (κ3) is 10.5. The Morgan fingerprint density at radius 1 is 1.05 bits per heavy atom. The lowest BCUT2D eigenvalue weighted by atomic mass is 10.2. The van der Waals surface area contributed by atoms with Gasteiger partial charge in [0.1, 0.15) is 23.9 Å². The molecule has 10 nitrogen and oxygen atoms in total. The fraction of sp³-hybridized carbons (Fsp3) is 0.233. The van der Waals surface area contributed by atoms with Crippen molar-refractivity contribution >= 4 is 58.2 Å². The summed E-state index contributed by atoms with van der Waals surface area (Å²) < 4.78 is 48.5.